The van der Waals surface area contributed by atoms with Gasteiger partial charge in [0, 0.05) is 20.1 Å². The fourth-order valence-corrected chi connectivity index (χ4v) is 7.36. The van der Waals surface area contributed by atoms with E-state index in [0.717, 1.165) is 6.42 Å². The Balaban J connectivity index is 1.44. The maximum Gasteiger partial charge on any atom is 0.408 e. The van der Waals surface area contributed by atoms with Crippen molar-refractivity contribution in [3.8, 4) is 0 Å². The van der Waals surface area contributed by atoms with Gasteiger partial charge >= 0.3 is 6.09 Å². The number of carbonyl (C=O) groups excluding carboxylic acids is 7. The number of hydrogen-bond donors (Lipinski definition) is 4. The Morgan fingerprint density at radius 1 is 0.882 bits per heavy atom. The zero-order valence-corrected chi connectivity index (χ0v) is 31.2. The van der Waals surface area contributed by atoms with Crippen LogP contribution in [0.3, 0.4) is 0 Å². The minimum absolute atomic E-state index is 0.108. The van der Waals surface area contributed by atoms with E-state index in [1.54, 1.807) is 70.1 Å². The molecule has 2 aliphatic carbocycles. The van der Waals surface area contributed by atoms with Crippen LogP contribution in [0.5, 0.6) is 0 Å². The molecule has 1 heterocycles. The molecule has 4 N–H and O–H groups in total. The van der Waals surface area contributed by atoms with Crippen molar-refractivity contribution in [3.63, 3.8) is 0 Å². The highest BCUT2D eigenvalue weighted by atomic mass is 16.6. The molecule has 14 heteroatoms. The van der Waals surface area contributed by atoms with Gasteiger partial charge in [0.1, 0.15) is 23.7 Å². The summed E-state index contributed by atoms with van der Waals surface area (Å²) in [5.41, 5.74) is -0.942. The van der Waals surface area contributed by atoms with E-state index in [9.17, 15) is 33.6 Å². The molecule has 4 rings (SSSR count). The number of Topliss-reactive ketones (excluding diaryl/α,β-unsaturated/α-hetero) is 1. The smallest absolute Gasteiger partial charge is 0.408 e. The van der Waals surface area contributed by atoms with E-state index in [4.69, 9.17) is 4.74 Å². The minimum Gasteiger partial charge on any atom is -0.444 e. The molecule has 0 radical (unpaired) electrons. The number of hydrogen-bond acceptors (Lipinski definition) is 8. The van der Waals surface area contributed by atoms with Gasteiger partial charge in [-0.15, -0.1) is 0 Å². The topological polar surface area (TPSA) is 183 Å². The first-order valence-corrected chi connectivity index (χ1v) is 17.7. The molecule has 280 valence electrons. The third-order valence-electron chi connectivity index (χ3n) is 9.78. The number of carbonyl (C=O) groups is 7. The molecule has 0 aromatic heterocycles. The van der Waals surface area contributed by atoms with Gasteiger partial charge in [0.2, 0.25) is 29.4 Å². The zero-order chi connectivity index (χ0) is 38.0. The Morgan fingerprint density at radius 2 is 1.53 bits per heavy atom. The second kappa shape index (κ2) is 15.4. The van der Waals surface area contributed by atoms with Crippen LogP contribution in [-0.4, -0.2) is 102 Å². The highest BCUT2D eigenvalue weighted by molar-refractivity contribution is 6.38. The van der Waals surface area contributed by atoms with E-state index >= 15 is 0 Å². The lowest BCUT2D eigenvalue weighted by molar-refractivity contribution is -0.148. The van der Waals surface area contributed by atoms with Crippen LogP contribution in [0.2, 0.25) is 0 Å². The molecule has 1 saturated heterocycles. The summed E-state index contributed by atoms with van der Waals surface area (Å²) in [6.45, 7) is 11.9. The normalized spacial score (nSPS) is 23.5. The SMILES string of the molecule is CCCC(NC(=O)C1C2CC(C3CC32)N1C(=O)[C@H](NC(=O)OC(C)(C)C)C(C)(C)C)C(=O)C(=O)NCC(=O)NC(C(=O)N(C)C)c1ccccc1. The number of rotatable bonds is 13. The van der Waals surface area contributed by atoms with Crippen LogP contribution in [0.25, 0.3) is 0 Å². The number of likely N-dealkylation sites (tertiary alicyclic amines) is 1. The second-order valence-electron chi connectivity index (χ2n) is 16.2. The van der Waals surface area contributed by atoms with Crippen LogP contribution in [0, 0.1) is 23.2 Å². The summed E-state index contributed by atoms with van der Waals surface area (Å²) in [6.07, 6.45) is 1.42. The Kier molecular flexibility index (Phi) is 11.9. The van der Waals surface area contributed by atoms with E-state index in [1.165, 1.54) is 4.90 Å². The van der Waals surface area contributed by atoms with Crippen molar-refractivity contribution in [1.82, 2.24) is 31.1 Å². The number of benzene rings is 1. The first-order chi connectivity index (χ1) is 23.7. The summed E-state index contributed by atoms with van der Waals surface area (Å²) in [4.78, 5) is 96.2. The number of ketones is 1. The van der Waals surface area contributed by atoms with Gasteiger partial charge < -0.3 is 35.8 Å². The van der Waals surface area contributed by atoms with E-state index < -0.39 is 77.2 Å². The number of nitrogens with zero attached hydrogens (tertiary/aromatic N) is 2. The lowest BCUT2D eigenvalue weighted by Gasteiger charge is -2.40. The molecule has 2 saturated carbocycles. The van der Waals surface area contributed by atoms with E-state index in [1.807, 2.05) is 27.7 Å². The monoisotopic (exact) mass is 710 g/mol. The largest absolute Gasteiger partial charge is 0.444 e. The number of fused-ring (bicyclic) bond motifs is 5. The lowest BCUT2D eigenvalue weighted by Crippen LogP contribution is -2.62. The van der Waals surface area contributed by atoms with Gasteiger partial charge in [0.15, 0.2) is 0 Å². The van der Waals surface area contributed by atoms with Crippen LogP contribution >= 0.6 is 0 Å². The summed E-state index contributed by atoms with van der Waals surface area (Å²) in [5.74, 6) is -3.49. The molecule has 3 fully saturated rings. The van der Waals surface area contributed by atoms with Crippen molar-refractivity contribution < 1.29 is 38.3 Å². The Morgan fingerprint density at radius 3 is 2.10 bits per heavy atom. The van der Waals surface area contributed by atoms with Gasteiger partial charge in [0.05, 0.1) is 12.6 Å². The van der Waals surface area contributed by atoms with Crippen molar-refractivity contribution in [2.75, 3.05) is 20.6 Å². The van der Waals surface area contributed by atoms with Crippen LogP contribution in [0.4, 0.5) is 4.79 Å². The third-order valence-corrected chi connectivity index (χ3v) is 9.78. The van der Waals surface area contributed by atoms with E-state index in [0.29, 0.717) is 24.3 Å². The van der Waals surface area contributed by atoms with Crippen LogP contribution in [-0.2, 0) is 33.5 Å². The van der Waals surface area contributed by atoms with Gasteiger partial charge in [-0.05, 0) is 68.8 Å². The first-order valence-electron chi connectivity index (χ1n) is 17.7. The maximum absolute atomic E-state index is 14.3. The summed E-state index contributed by atoms with van der Waals surface area (Å²) < 4.78 is 5.45. The summed E-state index contributed by atoms with van der Waals surface area (Å²) >= 11 is 0. The Hall–Kier alpha value is -4.49. The van der Waals surface area contributed by atoms with Gasteiger partial charge in [0.25, 0.3) is 5.91 Å². The highest BCUT2D eigenvalue weighted by Crippen LogP contribution is 2.63. The fourth-order valence-electron chi connectivity index (χ4n) is 7.36. The molecular formula is C37H54N6O8. The quantitative estimate of drug-likeness (QED) is 0.225. The highest BCUT2D eigenvalue weighted by Gasteiger charge is 2.68. The molecule has 1 aromatic carbocycles. The molecule has 1 aromatic rings. The lowest BCUT2D eigenvalue weighted by atomic mass is 9.85. The van der Waals surface area contributed by atoms with Crippen molar-refractivity contribution in [2.24, 2.45) is 23.2 Å². The molecule has 3 aliphatic rings. The second-order valence-corrected chi connectivity index (χ2v) is 16.2. The molecular weight excluding hydrogens is 656 g/mol. The number of likely N-dealkylation sites (N-methyl/N-ethyl adjacent to an activating group) is 1. The van der Waals surface area contributed by atoms with Gasteiger partial charge in [-0.25, -0.2) is 4.79 Å². The third kappa shape index (κ3) is 9.25. The molecule has 1 aliphatic heterocycles. The molecule has 6 amide bonds. The Bertz CT molecular complexity index is 1520. The predicted octanol–water partition coefficient (Wildman–Crippen LogP) is 2.08. The molecule has 0 spiro atoms. The van der Waals surface area contributed by atoms with Crippen LogP contribution in [0.15, 0.2) is 30.3 Å². The maximum atomic E-state index is 14.3. The minimum atomic E-state index is -1.19. The van der Waals surface area contributed by atoms with Crippen molar-refractivity contribution in [3.05, 3.63) is 35.9 Å². The summed E-state index contributed by atoms with van der Waals surface area (Å²) in [6, 6.07) is 4.42. The summed E-state index contributed by atoms with van der Waals surface area (Å²) in [5, 5.41) is 10.4. The van der Waals surface area contributed by atoms with E-state index in [-0.39, 0.29) is 30.2 Å². The van der Waals surface area contributed by atoms with Gasteiger partial charge in [-0.3, -0.25) is 28.8 Å². The number of nitrogens with one attached hydrogen (secondary N) is 4. The van der Waals surface area contributed by atoms with Crippen LogP contribution in [0.1, 0.15) is 85.8 Å². The van der Waals surface area contributed by atoms with Gasteiger partial charge in [-0.1, -0.05) is 64.4 Å². The standard InChI is InChI=1S/C37H54N6O8/c1-10-14-24(29(45)32(47)38-19-26(44)40-27(33(48)42(8)9)20-15-12-11-13-16-20)39-31(46)28-23-18-25(22-17-21(22)23)43(28)34(49)30(36(2,3)4)41-35(50)51-37(5,6)7/h11-13,15-16,21-25,27-28,30H,10,14,17-19H2,1-9H3,(H,38,47)(H,39,46)(H,40,44)(H,41,50)/t21?,22?,23?,24?,25?,27?,28?,30-/m0/s1. The number of ether oxygens (including phenoxy) is 1. The van der Waals surface area contributed by atoms with Crippen LogP contribution < -0.4 is 21.3 Å². The number of piperidine rings is 1. The predicted molar refractivity (Wildman–Crippen MR) is 188 cm³/mol. The average molecular weight is 711 g/mol. The number of alkyl carbamates (subject to hydrolysis) is 1. The van der Waals surface area contributed by atoms with Crippen molar-refractivity contribution in [1.29, 1.82) is 0 Å². The zero-order valence-electron chi connectivity index (χ0n) is 31.2. The first kappa shape index (κ1) is 39.3. The molecule has 2 bridgehead atoms. The Labute approximate surface area is 300 Å². The molecule has 7 unspecified atom stereocenters. The number of amides is 6. The van der Waals surface area contributed by atoms with Gasteiger partial charge in [-0.2, -0.15) is 0 Å². The molecule has 14 nitrogen and oxygen atoms in total. The fraction of sp³-hybridized carbons (Fsp3) is 0.649. The molecule has 8 atom stereocenters. The molecule has 51 heavy (non-hydrogen) atoms. The van der Waals surface area contributed by atoms with Crippen molar-refractivity contribution >= 4 is 41.4 Å². The summed E-state index contributed by atoms with van der Waals surface area (Å²) in [7, 11) is 3.12. The average Bonchev–Trinajstić information content (AvgIpc) is 3.65. The van der Waals surface area contributed by atoms with Crippen molar-refractivity contribution in [2.45, 2.75) is 110 Å². The van der Waals surface area contributed by atoms with E-state index in [2.05, 4.69) is 21.3 Å².